The molecule has 1 heterocycles. The van der Waals surface area contributed by atoms with Gasteiger partial charge in [0.1, 0.15) is 0 Å². The molecular formula is C16H19NO2S2. The lowest BCUT2D eigenvalue weighted by Crippen LogP contribution is -2.11. The zero-order chi connectivity index (χ0) is 15.6. The first-order valence-corrected chi connectivity index (χ1v) is 8.72. The second-order valence-electron chi connectivity index (χ2n) is 4.92. The molecule has 1 atom stereocenters. The van der Waals surface area contributed by atoms with Gasteiger partial charge in [-0.1, -0.05) is 6.07 Å². The van der Waals surface area contributed by atoms with Crippen LogP contribution in [0.4, 0.5) is 5.69 Å². The summed E-state index contributed by atoms with van der Waals surface area (Å²) in [6.07, 6.45) is 1.89. The molecule has 1 aromatic carbocycles. The second-order valence-corrected chi connectivity index (χ2v) is 7.23. The van der Waals surface area contributed by atoms with Crippen molar-refractivity contribution in [3.8, 4) is 0 Å². The Balaban J connectivity index is 2.35. The van der Waals surface area contributed by atoms with Crippen LogP contribution >= 0.6 is 23.1 Å². The average molecular weight is 321 g/mol. The molecule has 0 saturated carbocycles. The molecule has 0 bridgehead atoms. The first kappa shape index (κ1) is 15.9. The monoisotopic (exact) mass is 321 g/mol. The number of benzene rings is 1. The minimum absolute atomic E-state index is 0.0742. The lowest BCUT2D eigenvalue weighted by atomic mass is 10.1. The van der Waals surface area contributed by atoms with Crippen LogP contribution in [0.25, 0.3) is 0 Å². The van der Waals surface area contributed by atoms with Crippen LogP contribution in [0.15, 0.2) is 29.2 Å². The lowest BCUT2D eigenvalue weighted by Gasteiger charge is -2.18. The summed E-state index contributed by atoms with van der Waals surface area (Å²) < 4.78 is 0. The van der Waals surface area contributed by atoms with E-state index in [0.29, 0.717) is 11.3 Å². The molecule has 1 aromatic heterocycles. The number of thioether (sulfide) groups is 1. The maximum absolute atomic E-state index is 11.5. The van der Waals surface area contributed by atoms with Crippen LogP contribution in [0.2, 0.25) is 0 Å². The van der Waals surface area contributed by atoms with Crippen molar-refractivity contribution in [3.63, 3.8) is 0 Å². The average Bonchev–Trinajstić information content (AvgIpc) is 2.77. The number of hydrogen-bond acceptors (Lipinski definition) is 4. The van der Waals surface area contributed by atoms with Crippen LogP contribution in [0.5, 0.6) is 0 Å². The molecule has 2 rings (SSSR count). The summed E-state index contributed by atoms with van der Waals surface area (Å²) in [5.74, 6) is -0.895. The van der Waals surface area contributed by atoms with Crippen LogP contribution in [-0.4, -0.2) is 17.3 Å². The van der Waals surface area contributed by atoms with Crippen molar-refractivity contribution in [2.75, 3.05) is 11.6 Å². The summed E-state index contributed by atoms with van der Waals surface area (Å²) >= 11 is 3.22. The third kappa shape index (κ3) is 3.41. The molecule has 3 nitrogen and oxygen atoms in total. The fraction of sp³-hybridized carbons (Fsp3) is 0.312. The normalized spacial score (nSPS) is 12.2. The zero-order valence-corrected chi connectivity index (χ0v) is 14.2. The predicted molar refractivity (Wildman–Crippen MR) is 91.0 cm³/mol. The number of aromatic carboxylic acids is 1. The Morgan fingerprint density at radius 2 is 2.10 bits per heavy atom. The molecule has 0 saturated heterocycles. The van der Waals surface area contributed by atoms with Gasteiger partial charge in [0.25, 0.3) is 0 Å². The van der Waals surface area contributed by atoms with Gasteiger partial charge in [-0.3, -0.25) is 0 Å². The number of hydrogen-bond donors (Lipinski definition) is 2. The topological polar surface area (TPSA) is 49.3 Å². The fourth-order valence-corrected chi connectivity index (χ4v) is 4.07. The van der Waals surface area contributed by atoms with E-state index in [1.165, 1.54) is 27.1 Å². The molecular weight excluding hydrogens is 302 g/mol. The van der Waals surface area contributed by atoms with Crippen LogP contribution in [0, 0.1) is 13.8 Å². The standard InChI is InChI=1S/C16H19NO2S2/c1-9-8-12(11(3)21-9)10(2)17-13-6-5-7-14(20-4)15(13)16(18)19/h5-8,10,17H,1-4H3,(H,18,19). The smallest absolute Gasteiger partial charge is 0.338 e. The van der Waals surface area contributed by atoms with Crippen molar-refractivity contribution in [2.45, 2.75) is 31.7 Å². The number of carboxylic acid groups (broad SMARTS) is 1. The quantitative estimate of drug-likeness (QED) is 0.764. The van der Waals surface area contributed by atoms with Gasteiger partial charge in [0.05, 0.1) is 11.3 Å². The molecule has 0 radical (unpaired) electrons. The van der Waals surface area contributed by atoms with E-state index in [0.717, 1.165) is 4.90 Å². The minimum atomic E-state index is -0.895. The largest absolute Gasteiger partial charge is 0.478 e. The summed E-state index contributed by atoms with van der Waals surface area (Å²) in [6, 6.07) is 7.79. The summed E-state index contributed by atoms with van der Waals surface area (Å²) in [5.41, 5.74) is 2.25. The Labute approximate surface area is 133 Å². The molecule has 1 unspecified atom stereocenters. The van der Waals surface area contributed by atoms with Gasteiger partial charge in [-0.15, -0.1) is 23.1 Å². The summed E-state index contributed by atoms with van der Waals surface area (Å²) in [6.45, 7) is 6.25. The molecule has 0 amide bonds. The van der Waals surface area contributed by atoms with Gasteiger partial charge in [-0.2, -0.15) is 0 Å². The summed E-state index contributed by atoms with van der Waals surface area (Å²) in [5, 5.41) is 12.8. The number of carboxylic acids is 1. The zero-order valence-electron chi connectivity index (χ0n) is 12.6. The molecule has 0 aliphatic heterocycles. The SMILES string of the molecule is CSc1cccc(NC(C)c2cc(C)sc2C)c1C(=O)O. The highest BCUT2D eigenvalue weighted by molar-refractivity contribution is 7.98. The minimum Gasteiger partial charge on any atom is -0.478 e. The van der Waals surface area contributed by atoms with E-state index in [9.17, 15) is 9.90 Å². The number of rotatable bonds is 5. The number of anilines is 1. The molecule has 112 valence electrons. The van der Waals surface area contributed by atoms with Gasteiger partial charge < -0.3 is 10.4 Å². The maximum atomic E-state index is 11.5. The number of aryl methyl sites for hydroxylation is 2. The summed E-state index contributed by atoms with van der Waals surface area (Å²) in [4.78, 5) is 14.9. The van der Waals surface area contributed by atoms with E-state index in [1.54, 1.807) is 11.3 Å². The second kappa shape index (κ2) is 6.54. The van der Waals surface area contributed by atoms with Gasteiger partial charge in [-0.05, 0) is 50.8 Å². The lowest BCUT2D eigenvalue weighted by molar-refractivity contribution is 0.0694. The Morgan fingerprint density at radius 3 is 2.62 bits per heavy atom. The van der Waals surface area contributed by atoms with Gasteiger partial charge >= 0.3 is 5.97 Å². The van der Waals surface area contributed by atoms with Crippen LogP contribution in [-0.2, 0) is 0 Å². The highest BCUT2D eigenvalue weighted by Gasteiger charge is 2.18. The molecule has 5 heteroatoms. The van der Waals surface area contributed by atoms with Crippen LogP contribution in [0.3, 0.4) is 0 Å². The molecule has 0 fully saturated rings. The van der Waals surface area contributed by atoms with Crippen molar-refractivity contribution in [1.82, 2.24) is 0 Å². The highest BCUT2D eigenvalue weighted by Crippen LogP contribution is 2.32. The van der Waals surface area contributed by atoms with Crippen LogP contribution in [0.1, 0.15) is 38.6 Å². The molecule has 2 N–H and O–H groups in total. The molecule has 0 aliphatic carbocycles. The Kier molecular flexibility index (Phi) is 4.96. The van der Waals surface area contributed by atoms with Gasteiger partial charge in [-0.25, -0.2) is 4.79 Å². The molecule has 0 spiro atoms. The van der Waals surface area contributed by atoms with E-state index in [4.69, 9.17) is 0 Å². The van der Waals surface area contributed by atoms with E-state index in [2.05, 4.69) is 32.2 Å². The predicted octanol–water partition coefficient (Wildman–Crippen LogP) is 4.96. The Hall–Kier alpha value is -1.46. The highest BCUT2D eigenvalue weighted by atomic mass is 32.2. The van der Waals surface area contributed by atoms with Crippen molar-refractivity contribution < 1.29 is 9.90 Å². The van der Waals surface area contributed by atoms with Crippen molar-refractivity contribution >= 4 is 34.8 Å². The third-order valence-electron chi connectivity index (χ3n) is 3.38. The molecule has 21 heavy (non-hydrogen) atoms. The molecule has 2 aromatic rings. The Morgan fingerprint density at radius 1 is 1.38 bits per heavy atom. The summed E-state index contributed by atoms with van der Waals surface area (Å²) in [7, 11) is 0. The van der Waals surface area contributed by atoms with Crippen molar-refractivity contribution in [3.05, 3.63) is 45.1 Å². The van der Waals surface area contributed by atoms with Gasteiger partial charge in [0.15, 0.2) is 0 Å². The third-order valence-corrected chi connectivity index (χ3v) is 5.14. The Bertz CT molecular complexity index is 664. The van der Waals surface area contributed by atoms with Crippen molar-refractivity contribution in [1.29, 1.82) is 0 Å². The maximum Gasteiger partial charge on any atom is 0.338 e. The van der Waals surface area contributed by atoms with E-state index < -0.39 is 5.97 Å². The van der Waals surface area contributed by atoms with E-state index in [1.807, 2.05) is 24.5 Å². The van der Waals surface area contributed by atoms with E-state index in [-0.39, 0.29) is 6.04 Å². The first-order valence-electron chi connectivity index (χ1n) is 6.67. The number of thiophene rings is 1. The van der Waals surface area contributed by atoms with Gasteiger partial charge in [0.2, 0.25) is 0 Å². The number of carbonyl (C=O) groups is 1. The van der Waals surface area contributed by atoms with E-state index >= 15 is 0 Å². The van der Waals surface area contributed by atoms with Crippen molar-refractivity contribution in [2.24, 2.45) is 0 Å². The first-order chi connectivity index (χ1) is 9.93. The van der Waals surface area contributed by atoms with Crippen LogP contribution < -0.4 is 5.32 Å². The van der Waals surface area contributed by atoms with Gasteiger partial charge in [0, 0.05) is 20.7 Å². The molecule has 0 aliphatic rings. The fourth-order valence-electron chi connectivity index (χ4n) is 2.43. The number of nitrogens with one attached hydrogen (secondary N) is 1.